The summed E-state index contributed by atoms with van der Waals surface area (Å²) in [4.78, 5) is 48.0. The van der Waals surface area contributed by atoms with Gasteiger partial charge in [-0.2, -0.15) is 0 Å². The van der Waals surface area contributed by atoms with Crippen molar-refractivity contribution >= 4 is 52.2 Å². The number of ether oxygens (including phenoxy) is 10. The summed E-state index contributed by atoms with van der Waals surface area (Å²) in [7, 11) is 0. The normalized spacial score (nSPS) is 13.7. The molecular formula is C47H67Cl2N7O16. The van der Waals surface area contributed by atoms with Gasteiger partial charge in [-0.25, -0.2) is 4.79 Å². The Bertz CT molecular complexity index is 2030. The van der Waals surface area contributed by atoms with Crippen molar-refractivity contribution in [2.75, 3.05) is 164 Å². The number of nitrogens with one attached hydrogen (secondary N) is 4. The van der Waals surface area contributed by atoms with Crippen LogP contribution in [0.2, 0.25) is 10.0 Å². The Morgan fingerprint density at radius 1 is 0.597 bits per heavy atom. The third-order valence-electron chi connectivity index (χ3n) is 10.2. The first kappa shape index (κ1) is 59.7. The third-order valence-corrected chi connectivity index (χ3v) is 11.0. The average Bonchev–Trinajstić information content (AvgIpc) is 3.37. The molecule has 0 bridgehead atoms. The molecule has 1 heterocycles. The number of urea groups is 1. The summed E-state index contributed by atoms with van der Waals surface area (Å²) < 4.78 is 55.2. The molecule has 3 aromatic rings. The van der Waals surface area contributed by atoms with Crippen LogP contribution in [0.3, 0.4) is 0 Å². The molecule has 1 fully saturated rings. The maximum absolute atomic E-state index is 12.6. The van der Waals surface area contributed by atoms with E-state index in [1.54, 1.807) is 30.3 Å². The topological polar surface area (TPSA) is 264 Å². The van der Waals surface area contributed by atoms with Crippen LogP contribution in [0, 0.1) is 20.2 Å². The number of rotatable bonds is 40. The maximum atomic E-state index is 12.6. The Kier molecular flexibility index (Phi) is 30.6. The summed E-state index contributed by atoms with van der Waals surface area (Å²) >= 11 is 12.2. The molecule has 23 nitrogen and oxygen atoms in total. The molecule has 3 aromatic carbocycles. The van der Waals surface area contributed by atoms with Crippen molar-refractivity contribution < 1.29 is 66.8 Å². The molecular weight excluding hydrogens is 989 g/mol. The molecule has 0 aromatic heterocycles. The quantitative estimate of drug-likeness (QED) is 0.0347. The van der Waals surface area contributed by atoms with Crippen molar-refractivity contribution in [2.24, 2.45) is 0 Å². The van der Waals surface area contributed by atoms with Gasteiger partial charge in [0.2, 0.25) is 0 Å². The van der Waals surface area contributed by atoms with Crippen LogP contribution in [0.15, 0.2) is 60.7 Å². The standard InChI is InChI=1S/C47H67Cl2N7O16/c48-42-7-3-38(31-43(42)49)35-54-11-14-72-41(36-54)34-53-47(58)52-33-37-1-4-39(5-2-37)46(57)51-10-13-64-16-18-66-20-22-68-24-26-70-28-30-71-29-27-69-25-23-67-21-19-65-17-15-63-12-9-50-44-8-6-40(55(59)60)32-45(44)56(61)62/h1-8,31-32,41,50H,9-30,33-36H2,(H,51,57)(H2,52,53,58)/t41-/m0/s1. The monoisotopic (exact) mass is 1060 g/mol. The first-order chi connectivity index (χ1) is 35.1. The number of amides is 3. The molecule has 1 atom stereocenters. The van der Waals surface area contributed by atoms with Gasteiger partial charge in [0.05, 0.1) is 158 Å². The fourth-order valence-electron chi connectivity index (χ4n) is 6.56. The summed E-state index contributed by atoms with van der Waals surface area (Å²) in [6.45, 7) is 11.1. The van der Waals surface area contributed by atoms with Crippen LogP contribution in [0.1, 0.15) is 21.5 Å². The van der Waals surface area contributed by atoms with E-state index in [1.807, 2.05) is 12.1 Å². The SMILES string of the molecule is O=C(NCc1ccc(C(=O)NCCOCCOCCOCCOCCOCCOCCOCCOCCOCCNc2ccc([N+](=O)[O-])cc2[N+](=O)[O-])cc1)NC[C@H]1CN(Cc2ccc(Cl)c(Cl)c2)CCO1. The van der Waals surface area contributed by atoms with Gasteiger partial charge in [0, 0.05) is 57.4 Å². The summed E-state index contributed by atoms with van der Waals surface area (Å²) in [5.74, 6) is -0.220. The van der Waals surface area contributed by atoms with Crippen molar-refractivity contribution in [3.05, 3.63) is 108 Å². The Balaban J connectivity index is 0.825. The minimum Gasteiger partial charge on any atom is -0.377 e. The summed E-state index contributed by atoms with van der Waals surface area (Å²) in [5.41, 5.74) is 1.86. The number of carbonyl (C=O) groups is 2. The lowest BCUT2D eigenvalue weighted by Gasteiger charge is -2.33. The molecule has 0 saturated carbocycles. The van der Waals surface area contributed by atoms with E-state index in [4.69, 9.17) is 70.6 Å². The van der Waals surface area contributed by atoms with Crippen molar-refractivity contribution in [1.82, 2.24) is 20.9 Å². The number of anilines is 1. The Hall–Kier alpha value is -4.86. The Morgan fingerprint density at radius 3 is 1.62 bits per heavy atom. The number of nitro groups is 2. The van der Waals surface area contributed by atoms with Crippen LogP contribution in [0.25, 0.3) is 0 Å². The van der Waals surface area contributed by atoms with Gasteiger partial charge in [-0.05, 0) is 41.5 Å². The molecule has 0 spiro atoms. The first-order valence-corrected chi connectivity index (χ1v) is 24.4. The van der Waals surface area contributed by atoms with Crippen molar-refractivity contribution in [2.45, 2.75) is 19.2 Å². The number of hydrogen-bond donors (Lipinski definition) is 4. The highest BCUT2D eigenvalue weighted by Crippen LogP contribution is 2.29. The van der Waals surface area contributed by atoms with Crippen molar-refractivity contribution in [3.63, 3.8) is 0 Å². The van der Waals surface area contributed by atoms with Crippen molar-refractivity contribution in [1.29, 1.82) is 0 Å². The molecule has 1 aliphatic rings. The van der Waals surface area contributed by atoms with Gasteiger partial charge in [-0.3, -0.25) is 29.9 Å². The van der Waals surface area contributed by atoms with E-state index >= 15 is 0 Å². The molecule has 3 amide bonds. The lowest BCUT2D eigenvalue weighted by atomic mass is 10.1. The van der Waals surface area contributed by atoms with E-state index in [-0.39, 0.29) is 48.3 Å². The lowest BCUT2D eigenvalue weighted by Crippen LogP contribution is -2.48. The maximum Gasteiger partial charge on any atom is 0.315 e. The second-order valence-corrected chi connectivity index (χ2v) is 16.5. The van der Waals surface area contributed by atoms with Crippen LogP contribution in [0.5, 0.6) is 0 Å². The number of nitro benzene ring substituents is 2. The van der Waals surface area contributed by atoms with E-state index in [0.717, 1.165) is 23.7 Å². The molecule has 1 saturated heterocycles. The molecule has 4 N–H and O–H groups in total. The zero-order chi connectivity index (χ0) is 51.4. The van der Waals surface area contributed by atoms with Gasteiger partial charge >= 0.3 is 6.03 Å². The zero-order valence-electron chi connectivity index (χ0n) is 40.4. The molecule has 25 heteroatoms. The minimum absolute atomic E-state index is 0.140. The number of non-ortho nitro benzene ring substituents is 1. The number of nitrogens with zero attached hydrogens (tertiary/aromatic N) is 3. The number of benzene rings is 3. The van der Waals surface area contributed by atoms with Crippen LogP contribution < -0.4 is 21.3 Å². The van der Waals surface area contributed by atoms with Crippen molar-refractivity contribution in [3.8, 4) is 0 Å². The second kappa shape index (κ2) is 37.0. The predicted molar refractivity (Wildman–Crippen MR) is 266 cm³/mol. The fourth-order valence-corrected chi connectivity index (χ4v) is 6.88. The van der Waals surface area contributed by atoms with Crippen LogP contribution >= 0.6 is 23.2 Å². The molecule has 1 aliphatic heterocycles. The average molecular weight is 1060 g/mol. The van der Waals surface area contributed by atoms with E-state index < -0.39 is 9.85 Å². The summed E-state index contributed by atoms with van der Waals surface area (Å²) in [5, 5.41) is 34.5. The highest BCUT2D eigenvalue weighted by atomic mass is 35.5. The van der Waals surface area contributed by atoms with E-state index in [9.17, 15) is 29.8 Å². The van der Waals surface area contributed by atoms with E-state index in [0.29, 0.717) is 167 Å². The highest BCUT2D eigenvalue weighted by molar-refractivity contribution is 6.42. The van der Waals surface area contributed by atoms with Gasteiger partial charge in [-0.15, -0.1) is 0 Å². The number of halogens is 2. The van der Waals surface area contributed by atoms with Gasteiger partial charge in [0.1, 0.15) is 5.69 Å². The van der Waals surface area contributed by atoms with Gasteiger partial charge < -0.3 is 68.6 Å². The Labute approximate surface area is 428 Å². The lowest BCUT2D eigenvalue weighted by molar-refractivity contribution is -0.393. The third kappa shape index (κ3) is 26.2. The van der Waals surface area contributed by atoms with E-state index in [1.165, 1.54) is 12.1 Å². The summed E-state index contributed by atoms with van der Waals surface area (Å²) in [6, 6.07) is 15.7. The largest absolute Gasteiger partial charge is 0.377 e. The minimum atomic E-state index is -0.686. The second-order valence-electron chi connectivity index (χ2n) is 15.6. The first-order valence-electron chi connectivity index (χ1n) is 23.6. The molecule has 0 radical (unpaired) electrons. The highest BCUT2D eigenvalue weighted by Gasteiger charge is 2.22. The molecule has 0 aliphatic carbocycles. The molecule has 4 rings (SSSR count). The fraction of sp³-hybridized carbons (Fsp3) is 0.574. The van der Waals surface area contributed by atoms with Crippen LogP contribution in [0.4, 0.5) is 21.9 Å². The predicted octanol–water partition coefficient (Wildman–Crippen LogP) is 4.50. The molecule has 0 unspecified atom stereocenters. The van der Waals surface area contributed by atoms with Gasteiger partial charge in [0.25, 0.3) is 17.3 Å². The number of morpholine rings is 1. The number of hydrogen-bond acceptors (Lipinski definition) is 18. The smallest absolute Gasteiger partial charge is 0.315 e. The molecule has 400 valence electrons. The summed E-state index contributed by atoms with van der Waals surface area (Å²) in [6.07, 6.45) is -0.140. The van der Waals surface area contributed by atoms with Gasteiger partial charge in [-0.1, -0.05) is 41.4 Å². The number of carbonyl (C=O) groups excluding carboxylic acids is 2. The van der Waals surface area contributed by atoms with Crippen LogP contribution in [-0.2, 0) is 60.5 Å². The van der Waals surface area contributed by atoms with Gasteiger partial charge in [0.15, 0.2) is 0 Å². The Morgan fingerprint density at radius 2 is 1.11 bits per heavy atom. The zero-order valence-corrected chi connectivity index (χ0v) is 41.9. The van der Waals surface area contributed by atoms with Crippen LogP contribution in [-0.4, -0.2) is 191 Å². The van der Waals surface area contributed by atoms with E-state index in [2.05, 4.69) is 26.2 Å². The molecule has 72 heavy (non-hydrogen) atoms.